The van der Waals surface area contributed by atoms with Gasteiger partial charge in [0.1, 0.15) is 12.3 Å². The Balaban J connectivity index is 1.80. The third-order valence-corrected chi connectivity index (χ3v) is 4.40. The molecule has 0 unspecified atom stereocenters. The molecule has 140 valence electrons. The van der Waals surface area contributed by atoms with E-state index in [9.17, 15) is 4.79 Å². The third-order valence-electron chi connectivity index (χ3n) is 4.16. The van der Waals surface area contributed by atoms with E-state index >= 15 is 0 Å². The molecular weight excluding hydrogens is 366 g/mol. The monoisotopic (exact) mass is 385 g/mol. The van der Waals surface area contributed by atoms with Crippen LogP contribution in [0.2, 0.25) is 5.02 Å². The minimum absolute atomic E-state index is 0.198. The molecule has 0 spiro atoms. The molecule has 0 atom stereocenters. The lowest BCUT2D eigenvalue weighted by Crippen LogP contribution is -2.30. The maximum absolute atomic E-state index is 12.9. The Morgan fingerprint density at radius 1 is 1.22 bits per heavy atom. The number of aromatic nitrogens is 2. The zero-order valence-electron chi connectivity index (χ0n) is 15.4. The van der Waals surface area contributed by atoms with Gasteiger partial charge in [0, 0.05) is 17.1 Å². The Morgan fingerprint density at radius 2 is 1.96 bits per heavy atom. The molecule has 0 saturated carbocycles. The van der Waals surface area contributed by atoms with E-state index in [1.165, 1.54) is 7.11 Å². The average molecular weight is 386 g/mol. The summed E-state index contributed by atoms with van der Waals surface area (Å²) in [6.07, 6.45) is 0. The van der Waals surface area contributed by atoms with Gasteiger partial charge in [-0.3, -0.25) is 4.79 Å². The Labute approximate surface area is 162 Å². The van der Waals surface area contributed by atoms with Crippen LogP contribution in [0.3, 0.4) is 0 Å². The van der Waals surface area contributed by atoms with Crippen molar-refractivity contribution in [3.63, 3.8) is 0 Å². The first-order valence-electron chi connectivity index (χ1n) is 8.54. The van der Waals surface area contributed by atoms with Gasteiger partial charge in [-0.1, -0.05) is 46.6 Å². The molecule has 0 aliphatic heterocycles. The van der Waals surface area contributed by atoms with Crippen LogP contribution in [-0.2, 0) is 6.54 Å². The van der Waals surface area contributed by atoms with Gasteiger partial charge in [-0.2, -0.15) is 4.98 Å². The predicted molar refractivity (Wildman–Crippen MR) is 103 cm³/mol. The molecule has 0 N–H and O–H groups in total. The van der Waals surface area contributed by atoms with E-state index < -0.39 is 0 Å². The highest BCUT2D eigenvalue weighted by Crippen LogP contribution is 2.25. The number of halogens is 1. The molecule has 0 aliphatic rings. The van der Waals surface area contributed by atoms with Crippen molar-refractivity contribution in [1.29, 1.82) is 0 Å². The van der Waals surface area contributed by atoms with Crippen LogP contribution in [0, 0.1) is 6.92 Å². The van der Waals surface area contributed by atoms with Gasteiger partial charge < -0.3 is 14.2 Å². The number of ether oxygens (including phenoxy) is 1. The molecule has 7 heteroatoms. The summed E-state index contributed by atoms with van der Waals surface area (Å²) in [4.78, 5) is 18.9. The molecule has 1 heterocycles. The number of hydrogen-bond donors (Lipinski definition) is 0. The second kappa shape index (κ2) is 8.22. The van der Waals surface area contributed by atoms with Crippen molar-refractivity contribution >= 4 is 17.5 Å². The second-order valence-electron chi connectivity index (χ2n) is 6.04. The van der Waals surface area contributed by atoms with Gasteiger partial charge in [0.2, 0.25) is 11.7 Å². The minimum atomic E-state index is -0.216. The first-order chi connectivity index (χ1) is 13.0. The van der Waals surface area contributed by atoms with Crippen molar-refractivity contribution in [2.24, 2.45) is 0 Å². The van der Waals surface area contributed by atoms with Crippen LogP contribution in [0.1, 0.15) is 28.7 Å². The predicted octanol–water partition coefficient (Wildman–Crippen LogP) is 4.37. The summed E-state index contributed by atoms with van der Waals surface area (Å²) in [5, 5.41) is 4.48. The van der Waals surface area contributed by atoms with Gasteiger partial charge in [-0.25, -0.2) is 0 Å². The number of aryl methyl sites for hydroxylation is 1. The lowest BCUT2D eigenvalue weighted by Gasteiger charge is -2.20. The number of methoxy groups -OCH3 is 1. The summed E-state index contributed by atoms with van der Waals surface area (Å²) >= 11 is 6.04. The lowest BCUT2D eigenvalue weighted by atomic mass is 10.1. The summed E-state index contributed by atoms with van der Waals surface area (Å²) in [7, 11) is 1.52. The van der Waals surface area contributed by atoms with E-state index in [1.54, 1.807) is 23.1 Å². The molecule has 0 radical (unpaired) electrons. The molecule has 1 amide bonds. The molecular formula is C20H20ClN3O3. The molecule has 3 rings (SSSR count). The van der Waals surface area contributed by atoms with E-state index in [2.05, 4.69) is 10.1 Å². The normalized spacial score (nSPS) is 10.7. The fraction of sp³-hybridized carbons (Fsp3) is 0.250. The Kier molecular flexibility index (Phi) is 5.76. The first-order valence-corrected chi connectivity index (χ1v) is 8.92. The standard InChI is InChI=1S/C20H20ClN3O3/c1-4-24(20(25)16-11-15(21)9-10-17(16)26-3)12-18-22-19(23-27-18)14-7-5-13(2)6-8-14/h5-11H,4,12H2,1-3H3. The summed E-state index contributed by atoms with van der Waals surface area (Å²) in [5.74, 6) is 1.11. The highest BCUT2D eigenvalue weighted by Gasteiger charge is 2.21. The van der Waals surface area contributed by atoms with Gasteiger partial charge in [-0.05, 0) is 32.0 Å². The van der Waals surface area contributed by atoms with Crippen molar-refractivity contribution in [2.75, 3.05) is 13.7 Å². The van der Waals surface area contributed by atoms with Crippen molar-refractivity contribution in [3.8, 4) is 17.1 Å². The van der Waals surface area contributed by atoms with Gasteiger partial charge in [0.25, 0.3) is 5.91 Å². The smallest absolute Gasteiger partial charge is 0.258 e. The first kappa shape index (κ1) is 18.9. The van der Waals surface area contributed by atoms with Crippen LogP contribution in [-0.4, -0.2) is 34.6 Å². The number of carbonyl (C=O) groups is 1. The highest BCUT2D eigenvalue weighted by molar-refractivity contribution is 6.31. The van der Waals surface area contributed by atoms with Crippen LogP contribution < -0.4 is 4.74 Å². The van der Waals surface area contributed by atoms with E-state index in [0.717, 1.165) is 11.1 Å². The number of benzene rings is 2. The van der Waals surface area contributed by atoms with Crippen LogP contribution in [0.5, 0.6) is 5.75 Å². The molecule has 2 aromatic carbocycles. The van der Waals surface area contributed by atoms with E-state index in [-0.39, 0.29) is 12.5 Å². The van der Waals surface area contributed by atoms with E-state index in [0.29, 0.717) is 34.6 Å². The Morgan fingerprint density at radius 3 is 2.63 bits per heavy atom. The van der Waals surface area contributed by atoms with E-state index in [4.69, 9.17) is 20.9 Å². The van der Waals surface area contributed by atoms with Gasteiger partial charge >= 0.3 is 0 Å². The summed E-state index contributed by atoms with van der Waals surface area (Å²) in [6.45, 7) is 4.56. The molecule has 6 nitrogen and oxygen atoms in total. The van der Waals surface area contributed by atoms with Gasteiger partial charge in [0.05, 0.1) is 12.7 Å². The SMILES string of the molecule is CCN(Cc1nc(-c2ccc(C)cc2)no1)C(=O)c1cc(Cl)ccc1OC. The largest absolute Gasteiger partial charge is 0.496 e. The molecule has 1 aromatic heterocycles. The minimum Gasteiger partial charge on any atom is -0.496 e. The summed E-state index contributed by atoms with van der Waals surface area (Å²) in [5.41, 5.74) is 2.41. The van der Waals surface area contributed by atoms with Crippen molar-refractivity contribution < 1.29 is 14.1 Å². The second-order valence-corrected chi connectivity index (χ2v) is 6.48. The van der Waals surface area contributed by atoms with Crippen LogP contribution in [0.4, 0.5) is 0 Å². The number of nitrogens with zero attached hydrogens (tertiary/aromatic N) is 3. The quantitative estimate of drug-likeness (QED) is 0.630. The van der Waals surface area contributed by atoms with Gasteiger partial charge in [0.15, 0.2) is 0 Å². The third kappa shape index (κ3) is 4.28. The van der Waals surface area contributed by atoms with E-state index in [1.807, 2.05) is 38.1 Å². The topological polar surface area (TPSA) is 68.5 Å². The molecule has 3 aromatic rings. The van der Waals surface area contributed by atoms with Gasteiger partial charge in [-0.15, -0.1) is 0 Å². The lowest BCUT2D eigenvalue weighted by molar-refractivity contribution is 0.0731. The summed E-state index contributed by atoms with van der Waals surface area (Å²) in [6, 6.07) is 12.8. The van der Waals surface area contributed by atoms with Crippen molar-refractivity contribution in [3.05, 3.63) is 64.5 Å². The number of amides is 1. The molecule has 0 saturated heterocycles. The number of rotatable bonds is 6. The Bertz CT molecular complexity index is 938. The number of hydrogen-bond acceptors (Lipinski definition) is 5. The maximum atomic E-state index is 12.9. The fourth-order valence-corrected chi connectivity index (χ4v) is 2.82. The summed E-state index contributed by atoms with van der Waals surface area (Å²) < 4.78 is 10.6. The van der Waals surface area contributed by atoms with Crippen molar-refractivity contribution in [2.45, 2.75) is 20.4 Å². The Hall–Kier alpha value is -2.86. The molecule has 0 bridgehead atoms. The maximum Gasteiger partial charge on any atom is 0.258 e. The molecule has 27 heavy (non-hydrogen) atoms. The zero-order chi connectivity index (χ0) is 19.4. The van der Waals surface area contributed by atoms with Crippen LogP contribution in [0.25, 0.3) is 11.4 Å². The fourth-order valence-electron chi connectivity index (χ4n) is 2.65. The zero-order valence-corrected chi connectivity index (χ0v) is 16.2. The molecule has 0 aliphatic carbocycles. The highest BCUT2D eigenvalue weighted by atomic mass is 35.5. The van der Waals surface area contributed by atoms with Crippen LogP contribution in [0.15, 0.2) is 47.0 Å². The van der Waals surface area contributed by atoms with Crippen LogP contribution >= 0.6 is 11.6 Å². The molecule has 0 fully saturated rings. The van der Waals surface area contributed by atoms with Crippen molar-refractivity contribution in [1.82, 2.24) is 15.0 Å². The number of carbonyl (C=O) groups excluding carboxylic acids is 1. The average Bonchev–Trinajstić information content (AvgIpc) is 3.14.